The van der Waals surface area contributed by atoms with E-state index in [1.807, 2.05) is 5.32 Å². The quantitative estimate of drug-likeness (QED) is 0.398. The van der Waals surface area contributed by atoms with Crippen LogP contribution in [0, 0.1) is 0 Å². The van der Waals surface area contributed by atoms with Gasteiger partial charge in [-0.1, -0.05) is 0 Å². The van der Waals surface area contributed by atoms with Crippen LogP contribution < -0.4 is 15.7 Å². The van der Waals surface area contributed by atoms with Crippen molar-refractivity contribution in [1.29, 1.82) is 0 Å². The lowest BCUT2D eigenvalue weighted by Gasteiger charge is -2.39. The summed E-state index contributed by atoms with van der Waals surface area (Å²) in [6.45, 7) is 5.28. The molecule has 0 spiro atoms. The molecular weight excluding hydrogens is 360 g/mol. The Bertz CT molecular complexity index is 607. The maximum atomic E-state index is 12.3. The number of rotatable bonds is 0. The average molecular weight is 382 g/mol. The molecule has 12 heteroatoms. The Labute approximate surface area is 155 Å². The normalized spacial score (nSPS) is 35.0. The first-order chi connectivity index (χ1) is 12.7. The van der Waals surface area contributed by atoms with Gasteiger partial charge in [0.25, 0.3) is 0 Å². The highest BCUT2D eigenvalue weighted by Crippen LogP contribution is 2.40. The van der Waals surface area contributed by atoms with Gasteiger partial charge in [0.1, 0.15) is 0 Å². The summed E-state index contributed by atoms with van der Waals surface area (Å²) in [4.78, 5) is 63.9. The first-order valence-corrected chi connectivity index (χ1v) is 8.49. The second kappa shape index (κ2) is 6.46. The molecule has 0 aromatic carbocycles. The Kier molecular flexibility index (Phi) is 4.56. The highest BCUT2D eigenvalue weighted by atomic mass is 16.3. The van der Waals surface area contributed by atoms with Crippen molar-refractivity contribution in [3.8, 4) is 0 Å². The second-order valence-electron chi connectivity index (χ2n) is 6.86. The summed E-state index contributed by atoms with van der Waals surface area (Å²) in [5, 5.41) is 13.5. The van der Waals surface area contributed by atoms with Crippen molar-refractivity contribution in [2.75, 3.05) is 0 Å². The summed E-state index contributed by atoms with van der Waals surface area (Å²) in [6, 6.07) is 0. The Hall–Kier alpha value is -2.73. The zero-order valence-corrected chi connectivity index (χ0v) is 15.4. The average Bonchev–Trinajstić information content (AvgIpc) is 2.94. The summed E-state index contributed by atoms with van der Waals surface area (Å²) in [7, 11) is 0. The first-order valence-electron chi connectivity index (χ1n) is 8.49. The predicted octanol–water partition coefficient (Wildman–Crippen LogP) is -5.09. The minimum Gasteiger partial charge on any atom is -0.554 e. The molecular formula is C15H22N6O6. The number of piperazine rings is 1. The molecule has 0 aromatic heterocycles. The van der Waals surface area contributed by atoms with E-state index in [4.69, 9.17) is 9.90 Å². The fourth-order valence-electron chi connectivity index (χ4n) is 4.85. The Balaban J connectivity index is 0.000000659. The van der Waals surface area contributed by atoms with E-state index >= 15 is 0 Å². The van der Waals surface area contributed by atoms with Gasteiger partial charge in [-0.25, -0.2) is 0 Å². The van der Waals surface area contributed by atoms with Gasteiger partial charge in [-0.2, -0.15) is 0 Å². The van der Waals surface area contributed by atoms with Crippen LogP contribution in [0.4, 0.5) is 0 Å². The van der Waals surface area contributed by atoms with Crippen molar-refractivity contribution in [2.24, 2.45) is 0 Å². The number of carbonyl (C=O) groups excluding carboxylic acids is 5. The number of carboxylic acid groups (broad SMARTS) is 1. The number of nitrogens with two attached hydrogens (primary N) is 1. The van der Waals surface area contributed by atoms with Crippen LogP contribution in [0.2, 0.25) is 0 Å². The van der Waals surface area contributed by atoms with Crippen molar-refractivity contribution in [3.63, 3.8) is 0 Å². The number of quaternary nitrogens is 1. The smallest absolute Gasteiger partial charge is 0.225 e. The molecule has 5 rings (SSSR count). The molecule has 12 nitrogen and oxygen atoms in total. The SMILES string of the molecule is CC(=O)N1C2NC3C4[NH2+]C2N(C(C)=O)C1C(N3C(C)=O)N4C(C)=O.O=C[O-]. The van der Waals surface area contributed by atoms with Gasteiger partial charge in [-0.3, -0.25) is 44.1 Å². The van der Waals surface area contributed by atoms with Crippen molar-refractivity contribution < 1.29 is 34.4 Å². The van der Waals surface area contributed by atoms with Gasteiger partial charge in [-0.15, -0.1) is 0 Å². The third-order valence-electron chi connectivity index (χ3n) is 5.49. The van der Waals surface area contributed by atoms with Gasteiger partial charge < -0.3 is 15.2 Å². The van der Waals surface area contributed by atoms with E-state index in [0.717, 1.165) is 0 Å². The van der Waals surface area contributed by atoms with Crippen molar-refractivity contribution >= 4 is 30.1 Å². The van der Waals surface area contributed by atoms with E-state index < -0.39 is 18.8 Å². The summed E-state index contributed by atoms with van der Waals surface area (Å²) >= 11 is 0. The molecule has 5 aliphatic heterocycles. The molecule has 6 unspecified atom stereocenters. The van der Waals surface area contributed by atoms with Crippen molar-refractivity contribution in [1.82, 2.24) is 24.9 Å². The summed E-state index contributed by atoms with van der Waals surface area (Å²) in [6.07, 6.45) is -2.72. The molecule has 0 aliphatic carbocycles. The molecule has 27 heavy (non-hydrogen) atoms. The minimum atomic E-state index is -0.677. The lowest BCUT2D eigenvalue weighted by molar-refractivity contribution is -0.758. The van der Waals surface area contributed by atoms with Crippen LogP contribution in [0.3, 0.4) is 0 Å². The lowest BCUT2D eigenvalue weighted by atomic mass is 10.2. The van der Waals surface area contributed by atoms with E-state index in [0.29, 0.717) is 0 Å². The third kappa shape index (κ3) is 2.47. The molecule has 5 aliphatic rings. The Morgan fingerprint density at radius 3 is 1.33 bits per heavy atom. The number of hydrogen-bond donors (Lipinski definition) is 2. The summed E-state index contributed by atoms with van der Waals surface area (Å²) in [5.74, 6) is -0.764. The Morgan fingerprint density at radius 2 is 1.07 bits per heavy atom. The van der Waals surface area contributed by atoms with Crippen LogP contribution >= 0.6 is 0 Å². The summed E-state index contributed by atoms with van der Waals surface area (Å²) in [5.41, 5.74) is 0. The minimum absolute atomic E-state index is 0.185. The zero-order chi connectivity index (χ0) is 20.2. The maximum absolute atomic E-state index is 12.3. The molecule has 6 bridgehead atoms. The topological polar surface area (TPSA) is 150 Å². The van der Waals surface area contributed by atoms with E-state index in [9.17, 15) is 19.2 Å². The van der Waals surface area contributed by atoms with Gasteiger partial charge in [0.15, 0.2) is 24.7 Å². The standard InChI is InChI=1S/C14H20N6O4.CH2O2/c1-5(21)17-9-10-16-12-11(15-9)19(7(3)23)14(20(12)8(4)24)13(17)18(10)6(2)22;2-1-3/h9-16H,1-4H3;1H,(H,2,3). The van der Waals surface area contributed by atoms with Gasteiger partial charge in [-0.05, 0) is 0 Å². The fraction of sp³-hybridized carbons (Fsp3) is 0.667. The molecule has 0 radical (unpaired) electrons. The van der Waals surface area contributed by atoms with Crippen LogP contribution in [-0.2, 0) is 24.0 Å². The molecule has 148 valence electrons. The monoisotopic (exact) mass is 382 g/mol. The van der Waals surface area contributed by atoms with Crippen LogP contribution in [0.5, 0.6) is 0 Å². The van der Waals surface area contributed by atoms with Crippen LogP contribution in [0.25, 0.3) is 0 Å². The van der Waals surface area contributed by atoms with E-state index in [1.54, 1.807) is 19.6 Å². The number of nitrogens with zero attached hydrogens (tertiary/aromatic N) is 4. The fourth-order valence-corrected chi connectivity index (χ4v) is 4.85. The maximum Gasteiger partial charge on any atom is 0.225 e. The first kappa shape index (κ1) is 19.0. The molecule has 5 fully saturated rings. The van der Waals surface area contributed by atoms with Crippen LogP contribution in [0.15, 0.2) is 0 Å². The molecule has 6 atom stereocenters. The van der Waals surface area contributed by atoms with Gasteiger partial charge in [0.2, 0.25) is 36.0 Å². The number of amides is 4. The molecule has 0 saturated carbocycles. The van der Waals surface area contributed by atoms with Crippen molar-refractivity contribution in [3.05, 3.63) is 0 Å². The predicted molar refractivity (Wildman–Crippen MR) is 83.9 cm³/mol. The van der Waals surface area contributed by atoms with E-state index in [-0.39, 0.29) is 48.3 Å². The molecule has 0 aromatic rings. The lowest BCUT2D eigenvalue weighted by Crippen LogP contribution is -3.07. The molecule has 5 saturated heterocycles. The van der Waals surface area contributed by atoms with E-state index in [1.165, 1.54) is 27.7 Å². The number of nitrogens with one attached hydrogen (secondary N) is 1. The second-order valence-corrected chi connectivity index (χ2v) is 6.86. The Morgan fingerprint density at radius 1 is 0.778 bits per heavy atom. The van der Waals surface area contributed by atoms with Gasteiger partial charge in [0, 0.05) is 34.2 Å². The molecule has 5 heterocycles. The van der Waals surface area contributed by atoms with Crippen LogP contribution in [0.1, 0.15) is 27.7 Å². The van der Waals surface area contributed by atoms with Gasteiger partial charge >= 0.3 is 0 Å². The third-order valence-corrected chi connectivity index (χ3v) is 5.49. The number of hydrogen-bond acceptors (Lipinski definition) is 7. The molecule has 3 N–H and O–H groups in total. The number of carbonyl (C=O) groups is 5. The highest BCUT2D eigenvalue weighted by molar-refractivity contribution is 5.82. The largest absolute Gasteiger partial charge is 0.554 e. The van der Waals surface area contributed by atoms with Crippen LogP contribution in [-0.4, -0.2) is 86.7 Å². The zero-order valence-electron chi connectivity index (χ0n) is 15.4. The summed E-state index contributed by atoms with van der Waals surface area (Å²) < 4.78 is 0. The van der Waals surface area contributed by atoms with E-state index in [2.05, 4.69) is 5.32 Å². The van der Waals surface area contributed by atoms with Gasteiger partial charge in [0.05, 0.1) is 0 Å². The highest BCUT2D eigenvalue weighted by Gasteiger charge is 2.72. The van der Waals surface area contributed by atoms with Crippen molar-refractivity contribution in [2.45, 2.75) is 64.7 Å². The molecule has 4 amide bonds.